The average molecular weight is 453 g/mol. The van der Waals surface area contributed by atoms with Gasteiger partial charge in [-0.25, -0.2) is 14.1 Å². The number of amides is 1. The molecular formula is C24H29FN6O2. The molecule has 1 saturated carbocycles. The van der Waals surface area contributed by atoms with E-state index in [9.17, 15) is 14.1 Å². The molecule has 1 atom stereocenters. The van der Waals surface area contributed by atoms with Crippen molar-refractivity contribution in [2.24, 2.45) is 5.18 Å². The zero-order chi connectivity index (χ0) is 23.4. The molecule has 2 heterocycles. The number of halogens is 1. The number of rotatable bonds is 8. The number of nitroso groups, excluding NO2 is 1. The number of hydrogen-bond donors (Lipinski definition) is 2. The number of benzene rings is 1. The van der Waals surface area contributed by atoms with Gasteiger partial charge in [0.15, 0.2) is 5.65 Å². The van der Waals surface area contributed by atoms with Gasteiger partial charge in [0.05, 0.1) is 34.9 Å². The molecule has 1 aliphatic rings. The number of nitrogens with one attached hydrogen (secondary N) is 2. The topological polar surface area (TPSA) is 101 Å². The van der Waals surface area contributed by atoms with E-state index >= 15 is 0 Å². The number of aromatic nitrogens is 3. The van der Waals surface area contributed by atoms with E-state index in [1.807, 2.05) is 13.8 Å². The molecule has 4 rings (SSSR count). The van der Waals surface area contributed by atoms with Gasteiger partial charge < -0.3 is 10.6 Å². The average Bonchev–Trinajstić information content (AvgIpc) is 3.27. The zero-order valence-corrected chi connectivity index (χ0v) is 18.9. The third-order valence-electron chi connectivity index (χ3n) is 6.39. The van der Waals surface area contributed by atoms with Gasteiger partial charge in [-0.3, -0.25) is 4.79 Å². The summed E-state index contributed by atoms with van der Waals surface area (Å²) in [6.45, 7) is 4.63. The summed E-state index contributed by atoms with van der Waals surface area (Å²) in [5, 5.41) is 15.0. The van der Waals surface area contributed by atoms with E-state index in [2.05, 4.69) is 25.9 Å². The van der Waals surface area contributed by atoms with Gasteiger partial charge in [0.1, 0.15) is 5.82 Å². The Bertz CT molecular complexity index is 1120. The normalized spacial score (nSPS) is 19.2. The SMILES string of the molecule is CCC(NC(=O)c1cnc2c(cnn2CC)c1NC1CCC(N=O)CC1)c1ccc(F)cc1. The van der Waals surface area contributed by atoms with E-state index < -0.39 is 0 Å². The van der Waals surface area contributed by atoms with Crippen LogP contribution in [0.2, 0.25) is 0 Å². The zero-order valence-electron chi connectivity index (χ0n) is 18.9. The molecule has 2 N–H and O–H groups in total. The summed E-state index contributed by atoms with van der Waals surface area (Å²) < 4.78 is 15.1. The van der Waals surface area contributed by atoms with Crippen LogP contribution in [0.1, 0.15) is 67.9 Å². The molecule has 0 bridgehead atoms. The molecule has 0 radical (unpaired) electrons. The van der Waals surface area contributed by atoms with Crippen molar-refractivity contribution in [3.8, 4) is 0 Å². The molecule has 1 aliphatic carbocycles. The summed E-state index contributed by atoms with van der Waals surface area (Å²) >= 11 is 0. The Labute approximate surface area is 191 Å². The van der Waals surface area contributed by atoms with E-state index in [0.717, 1.165) is 36.6 Å². The first-order valence-electron chi connectivity index (χ1n) is 11.5. The minimum Gasteiger partial charge on any atom is -0.381 e. The fourth-order valence-electron chi connectivity index (χ4n) is 4.47. The highest BCUT2D eigenvalue weighted by molar-refractivity contribution is 6.06. The number of carbonyl (C=O) groups is 1. The molecule has 1 aromatic carbocycles. The Kier molecular flexibility index (Phi) is 6.96. The van der Waals surface area contributed by atoms with Crippen LogP contribution in [0.4, 0.5) is 10.1 Å². The fraction of sp³-hybridized carbons (Fsp3) is 0.458. The van der Waals surface area contributed by atoms with Crippen molar-refractivity contribution in [1.82, 2.24) is 20.1 Å². The molecule has 2 aromatic heterocycles. The summed E-state index contributed by atoms with van der Waals surface area (Å²) in [4.78, 5) is 28.8. The van der Waals surface area contributed by atoms with Gasteiger partial charge in [-0.15, -0.1) is 0 Å². The van der Waals surface area contributed by atoms with Gasteiger partial charge >= 0.3 is 0 Å². The maximum absolute atomic E-state index is 13.4. The largest absolute Gasteiger partial charge is 0.381 e. The van der Waals surface area contributed by atoms with Crippen LogP contribution in [0.5, 0.6) is 0 Å². The lowest BCUT2D eigenvalue weighted by Gasteiger charge is -2.27. The molecular weight excluding hydrogens is 423 g/mol. The van der Waals surface area contributed by atoms with Crippen molar-refractivity contribution in [1.29, 1.82) is 0 Å². The first-order chi connectivity index (χ1) is 16.0. The first-order valence-corrected chi connectivity index (χ1v) is 11.5. The Morgan fingerprint density at radius 3 is 2.55 bits per heavy atom. The van der Waals surface area contributed by atoms with Gasteiger partial charge in [0.2, 0.25) is 0 Å². The van der Waals surface area contributed by atoms with E-state index in [1.54, 1.807) is 29.2 Å². The van der Waals surface area contributed by atoms with E-state index in [1.165, 1.54) is 12.1 Å². The van der Waals surface area contributed by atoms with Crippen molar-refractivity contribution in [3.63, 3.8) is 0 Å². The predicted molar refractivity (Wildman–Crippen MR) is 126 cm³/mol. The minimum atomic E-state index is -0.312. The minimum absolute atomic E-state index is 0.129. The maximum Gasteiger partial charge on any atom is 0.255 e. The van der Waals surface area contributed by atoms with Crippen molar-refractivity contribution in [2.45, 2.75) is 70.6 Å². The van der Waals surface area contributed by atoms with E-state index in [0.29, 0.717) is 29.9 Å². The van der Waals surface area contributed by atoms with Crippen LogP contribution in [0.3, 0.4) is 0 Å². The second-order valence-corrected chi connectivity index (χ2v) is 8.49. The lowest BCUT2D eigenvalue weighted by Crippen LogP contribution is -2.31. The highest BCUT2D eigenvalue weighted by Crippen LogP contribution is 2.31. The van der Waals surface area contributed by atoms with Crippen molar-refractivity contribution in [2.75, 3.05) is 5.32 Å². The summed E-state index contributed by atoms with van der Waals surface area (Å²) in [5.41, 5.74) is 2.70. The quantitative estimate of drug-likeness (QED) is 0.470. The molecule has 0 saturated heterocycles. The molecule has 1 fully saturated rings. The fourth-order valence-corrected chi connectivity index (χ4v) is 4.47. The molecule has 0 aliphatic heterocycles. The van der Waals surface area contributed by atoms with Crippen molar-refractivity contribution in [3.05, 3.63) is 58.5 Å². The van der Waals surface area contributed by atoms with Crippen molar-refractivity contribution < 1.29 is 9.18 Å². The Morgan fingerprint density at radius 1 is 1.18 bits per heavy atom. The van der Waals surface area contributed by atoms with Crippen LogP contribution >= 0.6 is 0 Å². The van der Waals surface area contributed by atoms with Gasteiger partial charge in [0, 0.05) is 18.8 Å². The summed E-state index contributed by atoms with van der Waals surface area (Å²) in [5.74, 6) is -0.566. The van der Waals surface area contributed by atoms with Gasteiger partial charge in [-0.2, -0.15) is 10.0 Å². The van der Waals surface area contributed by atoms with Crippen LogP contribution in [-0.4, -0.2) is 32.8 Å². The van der Waals surface area contributed by atoms with Crippen LogP contribution in [0, 0.1) is 10.7 Å². The number of nitrogens with zero attached hydrogens (tertiary/aromatic N) is 4. The number of hydrogen-bond acceptors (Lipinski definition) is 6. The van der Waals surface area contributed by atoms with Gasteiger partial charge in [0.25, 0.3) is 5.91 Å². The molecule has 33 heavy (non-hydrogen) atoms. The predicted octanol–water partition coefficient (Wildman–Crippen LogP) is 4.96. The highest BCUT2D eigenvalue weighted by Gasteiger charge is 2.26. The Morgan fingerprint density at radius 2 is 1.91 bits per heavy atom. The second kappa shape index (κ2) is 10.1. The number of pyridine rings is 1. The molecule has 3 aromatic rings. The number of aryl methyl sites for hydroxylation is 1. The second-order valence-electron chi connectivity index (χ2n) is 8.49. The van der Waals surface area contributed by atoms with Crippen LogP contribution in [0.25, 0.3) is 11.0 Å². The highest BCUT2D eigenvalue weighted by atomic mass is 19.1. The summed E-state index contributed by atoms with van der Waals surface area (Å²) in [6.07, 6.45) is 7.05. The van der Waals surface area contributed by atoms with E-state index in [-0.39, 0.29) is 29.8 Å². The Hall–Kier alpha value is -3.36. The van der Waals surface area contributed by atoms with Crippen LogP contribution in [-0.2, 0) is 6.54 Å². The molecule has 1 unspecified atom stereocenters. The van der Waals surface area contributed by atoms with Gasteiger partial charge in [-0.1, -0.05) is 24.2 Å². The lowest BCUT2D eigenvalue weighted by atomic mass is 9.91. The van der Waals surface area contributed by atoms with E-state index in [4.69, 9.17) is 0 Å². The molecule has 174 valence electrons. The molecule has 8 nitrogen and oxygen atoms in total. The Balaban J connectivity index is 1.64. The summed E-state index contributed by atoms with van der Waals surface area (Å²) in [6, 6.07) is 5.91. The first kappa shape index (κ1) is 22.8. The van der Waals surface area contributed by atoms with Crippen LogP contribution in [0.15, 0.2) is 41.8 Å². The smallest absolute Gasteiger partial charge is 0.255 e. The maximum atomic E-state index is 13.4. The molecule has 1 amide bonds. The number of fused-ring (bicyclic) bond motifs is 1. The number of anilines is 1. The third-order valence-corrected chi connectivity index (χ3v) is 6.39. The third kappa shape index (κ3) is 4.86. The lowest BCUT2D eigenvalue weighted by molar-refractivity contribution is 0.0936. The van der Waals surface area contributed by atoms with Crippen molar-refractivity contribution >= 4 is 22.6 Å². The molecule has 9 heteroatoms. The molecule has 0 spiro atoms. The van der Waals surface area contributed by atoms with Crippen LogP contribution < -0.4 is 10.6 Å². The summed E-state index contributed by atoms with van der Waals surface area (Å²) in [7, 11) is 0. The van der Waals surface area contributed by atoms with Gasteiger partial charge in [-0.05, 0) is 56.7 Å². The standard InChI is InChI=1S/C24H29FN6O2/c1-3-21(15-5-7-16(25)8-6-15)29-24(32)20-13-26-23-19(14-27-31(23)4-2)22(20)28-17-9-11-18(30-33)12-10-17/h5-8,13-14,17-18,21H,3-4,9-12H2,1-2H3,(H,26,28)(H,29,32). The monoisotopic (exact) mass is 452 g/mol. The number of carbonyl (C=O) groups excluding carboxylic acids is 1.